The molecule has 0 spiro atoms. The summed E-state index contributed by atoms with van der Waals surface area (Å²) < 4.78 is 24.3. The van der Waals surface area contributed by atoms with Crippen LogP contribution in [0.3, 0.4) is 0 Å². The van der Waals surface area contributed by atoms with Gasteiger partial charge in [-0.3, -0.25) is 0 Å². The Bertz CT molecular complexity index is 486. The van der Waals surface area contributed by atoms with Crippen LogP contribution in [0, 0.1) is 5.92 Å². The Kier molecular flexibility index (Phi) is 5.63. The minimum absolute atomic E-state index is 0.00241. The van der Waals surface area contributed by atoms with Gasteiger partial charge in [0.1, 0.15) is 0 Å². The first-order chi connectivity index (χ1) is 8.35. The SMILES string of the molecule is CNC(CS(=O)(=O)Cc1ccccc1Cl)C(C)C. The topological polar surface area (TPSA) is 46.2 Å². The van der Waals surface area contributed by atoms with E-state index >= 15 is 0 Å². The average molecular weight is 290 g/mol. The molecule has 1 unspecified atom stereocenters. The number of rotatable bonds is 6. The van der Waals surface area contributed by atoms with Crippen LogP contribution in [0.25, 0.3) is 0 Å². The normalized spacial score (nSPS) is 13.8. The maximum Gasteiger partial charge on any atom is 0.156 e. The molecule has 1 aromatic rings. The average Bonchev–Trinajstić information content (AvgIpc) is 2.28. The van der Waals surface area contributed by atoms with Gasteiger partial charge in [0.25, 0.3) is 0 Å². The number of nitrogens with one attached hydrogen (secondary N) is 1. The van der Waals surface area contributed by atoms with E-state index in [9.17, 15) is 8.42 Å². The van der Waals surface area contributed by atoms with Crippen LogP contribution in [-0.2, 0) is 15.6 Å². The van der Waals surface area contributed by atoms with E-state index in [1.165, 1.54) is 0 Å². The van der Waals surface area contributed by atoms with Crippen LogP contribution in [-0.4, -0.2) is 27.3 Å². The number of sulfone groups is 1. The second kappa shape index (κ2) is 6.55. The highest BCUT2D eigenvalue weighted by molar-refractivity contribution is 7.90. The third-order valence-corrected chi connectivity index (χ3v) is 4.93. The van der Waals surface area contributed by atoms with Gasteiger partial charge < -0.3 is 5.32 Å². The Balaban J connectivity index is 2.80. The van der Waals surface area contributed by atoms with Gasteiger partial charge in [-0.1, -0.05) is 43.6 Å². The van der Waals surface area contributed by atoms with Gasteiger partial charge >= 0.3 is 0 Å². The molecule has 1 atom stereocenters. The standard InChI is InChI=1S/C13H20ClNO2S/c1-10(2)13(15-3)9-18(16,17)8-11-6-4-5-7-12(11)14/h4-7,10,13,15H,8-9H2,1-3H3. The predicted molar refractivity (Wildman–Crippen MR) is 76.6 cm³/mol. The van der Waals surface area contributed by atoms with Gasteiger partial charge in [-0.2, -0.15) is 0 Å². The summed E-state index contributed by atoms with van der Waals surface area (Å²) in [7, 11) is -1.37. The number of hydrogen-bond acceptors (Lipinski definition) is 3. The molecule has 102 valence electrons. The van der Waals surface area contributed by atoms with Crippen molar-refractivity contribution in [1.29, 1.82) is 0 Å². The third kappa shape index (κ3) is 4.59. The fourth-order valence-corrected chi connectivity index (χ4v) is 4.02. The summed E-state index contributed by atoms with van der Waals surface area (Å²) in [6.07, 6.45) is 0. The summed E-state index contributed by atoms with van der Waals surface area (Å²) >= 11 is 5.98. The molecule has 0 bridgehead atoms. The first-order valence-corrected chi connectivity index (χ1v) is 8.16. The molecule has 1 rings (SSSR count). The van der Waals surface area contributed by atoms with E-state index in [0.29, 0.717) is 10.6 Å². The Morgan fingerprint density at radius 2 is 1.89 bits per heavy atom. The zero-order valence-corrected chi connectivity index (χ0v) is 12.6. The summed E-state index contributed by atoms with van der Waals surface area (Å²) in [6, 6.07) is 7.03. The van der Waals surface area contributed by atoms with Gasteiger partial charge in [0.15, 0.2) is 9.84 Å². The molecule has 0 radical (unpaired) electrons. The molecule has 0 aliphatic rings. The highest BCUT2D eigenvalue weighted by atomic mass is 35.5. The van der Waals surface area contributed by atoms with Crippen LogP contribution in [0.4, 0.5) is 0 Å². The molecular formula is C13H20ClNO2S. The smallest absolute Gasteiger partial charge is 0.156 e. The molecule has 0 saturated heterocycles. The molecule has 0 aliphatic carbocycles. The zero-order valence-electron chi connectivity index (χ0n) is 11.0. The van der Waals surface area contributed by atoms with Crippen molar-refractivity contribution in [3.05, 3.63) is 34.9 Å². The van der Waals surface area contributed by atoms with E-state index in [-0.39, 0.29) is 23.5 Å². The lowest BCUT2D eigenvalue weighted by Crippen LogP contribution is -2.37. The van der Waals surface area contributed by atoms with Crippen molar-refractivity contribution < 1.29 is 8.42 Å². The van der Waals surface area contributed by atoms with Gasteiger partial charge in [0.05, 0.1) is 11.5 Å². The summed E-state index contributed by atoms with van der Waals surface area (Å²) in [6.45, 7) is 4.01. The largest absolute Gasteiger partial charge is 0.316 e. The second-order valence-electron chi connectivity index (χ2n) is 4.79. The molecule has 0 fully saturated rings. The molecule has 5 heteroatoms. The van der Waals surface area contributed by atoms with Crippen LogP contribution in [0.5, 0.6) is 0 Å². The first-order valence-electron chi connectivity index (χ1n) is 5.97. The summed E-state index contributed by atoms with van der Waals surface area (Å²) in [4.78, 5) is 0. The summed E-state index contributed by atoms with van der Waals surface area (Å²) in [5.41, 5.74) is 0.665. The Hall–Kier alpha value is -0.580. The molecule has 1 N–H and O–H groups in total. The number of benzene rings is 1. The lowest BCUT2D eigenvalue weighted by atomic mass is 10.1. The van der Waals surface area contributed by atoms with Crippen LogP contribution in [0.2, 0.25) is 5.02 Å². The summed E-state index contributed by atoms with van der Waals surface area (Å²) in [5, 5.41) is 3.55. The van der Waals surface area contributed by atoms with Crippen molar-refractivity contribution in [3.8, 4) is 0 Å². The van der Waals surface area contributed by atoms with Gasteiger partial charge in [0.2, 0.25) is 0 Å². The minimum Gasteiger partial charge on any atom is -0.316 e. The predicted octanol–water partition coefficient (Wildman–Crippen LogP) is 2.50. The molecule has 1 aromatic carbocycles. The van der Waals surface area contributed by atoms with Gasteiger partial charge in [-0.05, 0) is 24.6 Å². The fraction of sp³-hybridized carbons (Fsp3) is 0.538. The van der Waals surface area contributed by atoms with E-state index in [1.54, 1.807) is 31.3 Å². The van der Waals surface area contributed by atoms with Gasteiger partial charge in [0, 0.05) is 11.1 Å². The van der Waals surface area contributed by atoms with Crippen molar-refractivity contribution in [2.24, 2.45) is 5.92 Å². The van der Waals surface area contributed by atoms with Gasteiger partial charge in [-0.15, -0.1) is 0 Å². The van der Waals surface area contributed by atoms with E-state index in [0.717, 1.165) is 0 Å². The van der Waals surface area contributed by atoms with Gasteiger partial charge in [-0.25, -0.2) is 8.42 Å². The molecule has 0 saturated carbocycles. The van der Waals surface area contributed by atoms with E-state index < -0.39 is 9.84 Å². The third-order valence-electron chi connectivity index (χ3n) is 2.94. The lowest BCUT2D eigenvalue weighted by molar-refractivity contribution is 0.455. The van der Waals surface area contributed by atoms with E-state index in [4.69, 9.17) is 11.6 Å². The zero-order chi connectivity index (χ0) is 13.8. The number of halogens is 1. The molecule has 18 heavy (non-hydrogen) atoms. The highest BCUT2D eigenvalue weighted by Crippen LogP contribution is 2.19. The maximum atomic E-state index is 12.1. The minimum atomic E-state index is -3.16. The first kappa shape index (κ1) is 15.5. The molecule has 0 amide bonds. The fourth-order valence-electron chi connectivity index (χ4n) is 1.79. The van der Waals surface area contributed by atoms with Crippen LogP contribution < -0.4 is 5.32 Å². The van der Waals surface area contributed by atoms with E-state index in [1.807, 2.05) is 13.8 Å². The molecule has 0 aromatic heterocycles. The monoisotopic (exact) mass is 289 g/mol. The molecular weight excluding hydrogens is 270 g/mol. The lowest BCUT2D eigenvalue weighted by Gasteiger charge is -2.20. The van der Waals surface area contributed by atoms with E-state index in [2.05, 4.69) is 5.32 Å². The van der Waals surface area contributed by atoms with Crippen molar-refractivity contribution in [2.45, 2.75) is 25.6 Å². The van der Waals surface area contributed by atoms with Crippen LogP contribution in [0.1, 0.15) is 19.4 Å². The quantitative estimate of drug-likeness (QED) is 0.875. The van der Waals surface area contributed by atoms with Crippen LogP contribution >= 0.6 is 11.6 Å². The molecule has 3 nitrogen and oxygen atoms in total. The Morgan fingerprint density at radius 3 is 2.39 bits per heavy atom. The van der Waals surface area contributed by atoms with Crippen molar-refractivity contribution in [1.82, 2.24) is 5.32 Å². The molecule has 0 aliphatic heterocycles. The highest BCUT2D eigenvalue weighted by Gasteiger charge is 2.21. The summed E-state index contributed by atoms with van der Waals surface area (Å²) in [5.74, 6) is 0.403. The van der Waals surface area contributed by atoms with Crippen molar-refractivity contribution in [3.63, 3.8) is 0 Å². The Morgan fingerprint density at radius 1 is 1.28 bits per heavy atom. The molecule has 0 heterocycles. The second-order valence-corrected chi connectivity index (χ2v) is 7.30. The van der Waals surface area contributed by atoms with Crippen molar-refractivity contribution in [2.75, 3.05) is 12.8 Å². The Labute approximate surface area is 114 Å². The number of hydrogen-bond donors (Lipinski definition) is 1. The maximum absolute atomic E-state index is 12.1. The van der Waals surface area contributed by atoms with Crippen molar-refractivity contribution >= 4 is 21.4 Å². The van der Waals surface area contributed by atoms with Crippen LogP contribution in [0.15, 0.2) is 24.3 Å².